The summed E-state index contributed by atoms with van der Waals surface area (Å²) in [5.74, 6) is 0.115. The lowest BCUT2D eigenvalue weighted by atomic mass is 10.1. The number of hydrogen-bond donors (Lipinski definition) is 0. The lowest BCUT2D eigenvalue weighted by Crippen LogP contribution is -2.32. The summed E-state index contributed by atoms with van der Waals surface area (Å²) in [5.41, 5.74) is 1.93. The fraction of sp³-hybridized carbons (Fsp3) is 0.235. The van der Waals surface area contributed by atoms with Crippen LogP contribution in [0.3, 0.4) is 0 Å². The second-order valence-corrected chi connectivity index (χ2v) is 5.98. The lowest BCUT2D eigenvalue weighted by Gasteiger charge is -2.23. The largest absolute Gasteiger partial charge is 0.331 e. The third kappa shape index (κ3) is 2.93. The molecule has 1 amide bonds. The molecule has 0 aliphatic heterocycles. The number of halogens is 1. The van der Waals surface area contributed by atoms with Gasteiger partial charge in [0.2, 0.25) is 0 Å². The van der Waals surface area contributed by atoms with Gasteiger partial charge in [-0.25, -0.2) is 0 Å². The third-order valence-corrected chi connectivity index (χ3v) is 4.24. The van der Waals surface area contributed by atoms with Crippen LogP contribution in [0.2, 0.25) is 0 Å². The van der Waals surface area contributed by atoms with Gasteiger partial charge in [0, 0.05) is 17.1 Å². The number of carbonyl (C=O) groups excluding carboxylic acids is 1. The third-order valence-electron chi connectivity index (χ3n) is 3.55. The quantitative estimate of drug-likeness (QED) is 0.820. The van der Waals surface area contributed by atoms with Crippen molar-refractivity contribution in [2.24, 2.45) is 0 Å². The molecule has 3 heteroatoms. The molecule has 0 bridgehead atoms. The summed E-state index contributed by atoms with van der Waals surface area (Å²) in [6, 6.07) is 18.2. The number of benzene rings is 2. The number of nitrogens with zero attached hydrogens (tertiary/aromatic N) is 1. The Hall–Kier alpha value is -1.61. The van der Waals surface area contributed by atoms with Crippen LogP contribution < -0.4 is 0 Å². The van der Waals surface area contributed by atoms with Crippen LogP contribution in [0.25, 0.3) is 0 Å². The molecule has 0 unspecified atom stereocenters. The minimum absolute atomic E-state index is 0.115. The van der Waals surface area contributed by atoms with E-state index in [1.807, 2.05) is 47.4 Å². The van der Waals surface area contributed by atoms with E-state index in [4.69, 9.17) is 0 Å². The number of carbonyl (C=O) groups is 1. The van der Waals surface area contributed by atoms with Crippen LogP contribution in [0.5, 0.6) is 0 Å². The predicted molar refractivity (Wildman–Crippen MR) is 83.5 cm³/mol. The molecule has 1 fully saturated rings. The van der Waals surface area contributed by atoms with E-state index in [0.29, 0.717) is 12.6 Å². The van der Waals surface area contributed by atoms with Crippen LogP contribution in [0, 0.1) is 0 Å². The van der Waals surface area contributed by atoms with Gasteiger partial charge >= 0.3 is 0 Å². The van der Waals surface area contributed by atoms with Gasteiger partial charge in [0.15, 0.2) is 0 Å². The summed E-state index contributed by atoms with van der Waals surface area (Å²) in [4.78, 5) is 14.7. The summed E-state index contributed by atoms with van der Waals surface area (Å²) in [5, 5.41) is 0. The second-order valence-electron chi connectivity index (χ2n) is 5.13. The molecule has 0 N–H and O–H groups in total. The number of amides is 1. The molecule has 0 heterocycles. The molecule has 1 aliphatic rings. The van der Waals surface area contributed by atoms with E-state index in [9.17, 15) is 4.79 Å². The highest BCUT2D eigenvalue weighted by molar-refractivity contribution is 9.10. The average molecular weight is 330 g/mol. The van der Waals surface area contributed by atoms with Crippen LogP contribution >= 0.6 is 15.9 Å². The summed E-state index contributed by atoms with van der Waals surface area (Å²) in [7, 11) is 0. The highest BCUT2D eigenvalue weighted by Crippen LogP contribution is 2.31. The maximum atomic E-state index is 12.7. The van der Waals surface area contributed by atoms with E-state index in [1.165, 1.54) is 5.56 Å². The molecule has 3 rings (SSSR count). The van der Waals surface area contributed by atoms with Crippen LogP contribution in [-0.2, 0) is 6.54 Å². The Morgan fingerprint density at radius 3 is 2.35 bits per heavy atom. The van der Waals surface area contributed by atoms with E-state index in [0.717, 1.165) is 22.9 Å². The van der Waals surface area contributed by atoms with Gasteiger partial charge < -0.3 is 4.90 Å². The van der Waals surface area contributed by atoms with Gasteiger partial charge in [0.05, 0.1) is 5.56 Å². The molecule has 1 aliphatic carbocycles. The zero-order valence-corrected chi connectivity index (χ0v) is 12.7. The molecule has 0 radical (unpaired) electrons. The Kier molecular flexibility index (Phi) is 3.88. The minimum Gasteiger partial charge on any atom is -0.331 e. The Morgan fingerprint density at radius 2 is 1.70 bits per heavy atom. The zero-order chi connectivity index (χ0) is 13.9. The van der Waals surface area contributed by atoms with Gasteiger partial charge in [-0.15, -0.1) is 0 Å². The molecule has 0 atom stereocenters. The lowest BCUT2D eigenvalue weighted by molar-refractivity contribution is 0.0729. The molecule has 0 aromatic heterocycles. The second kappa shape index (κ2) is 5.80. The first kappa shape index (κ1) is 13.4. The van der Waals surface area contributed by atoms with E-state index >= 15 is 0 Å². The van der Waals surface area contributed by atoms with Gasteiger partial charge in [-0.05, 0) is 46.5 Å². The molecule has 20 heavy (non-hydrogen) atoms. The monoisotopic (exact) mass is 329 g/mol. The van der Waals surface area contributed by atoms with Crippen molar-refractivity contribution in [3.8, 4) is 0 Å². The summed E-state index contributed by atoms with van der Waals surface area (Å²) in [6.45, 7) is 0.686. The van der Waals surface area contributed by atoms with Crippen molar-refractivity contribution in [2.45, 2.75) is 25.4 Å². The van der Waals surface area contributed by atoms with Crippen molar-refractivity contribution < 1.29 is 4.79 Å². The average Bonchev–Trinajstić information content (AvgIpc) is 3.30. The molecular weight excluding hydrogens is 314 g/mol. The van der Waals surface area contributed by atoms with Crippen LogP contribution in [0.4, 0.5) is 0 Å². The highest BCUT2D eigenvalue weighted by atomic mass is 79.9. The summed E-state index contributed by atoms with van der Waals surface area (Å²) >= 11 is 3.47. The smallest absolute Gasteiger partial charge is 0.255 e. The van der Waals surface area contributed by atoms with Crippen molar-refractivity contribution in [3.05, 3.63) is 70.2 Å². The van der Waals surface area contributed by atoms with Crippen LogP contribution in [-0.4, -0.2) is 16.8 Å². The molecule has 2 nitrogen and oxygen atoms in total. The van der Waals surface area contributed by atoms with Gasteiger partial charge in [0.25, 0.3) is 5.91 Å². The van der Waals surface area contributed by atoms with Crippen LogP contribution in [0.15, 0.2) is 59.1 Å². The molecule has 2 aromatic rings. The Balaban J connectivity index is 1.84. The fourth-order valence-electron chi connectivity index (χ4n) is 2.32. The van der Waals surface area contributed by atoms with Gasteiger partial charge in [-0.1, -0.05) is 42.5 Å². The van der Waals surface area contributed by atoms with E-state index < -0.39 is 0 Å². The molecule has 1 saturated carbocycles. The first-order chi connectivity index (χ1) is 9.75. The van der Waals surface area contributed by atoms with Crippen molar-refractivity contribution in [1.29, 1.82) is 0 Å². The topological polar surface area (TPSA) is 20.3 Å². The SMILES string of the molecule is O=C(c1ccccc1Br)N(Cc1ccccc1)C1CC1. The summed E-state index contributed by atoms with van der Waals surface area (Å²) in [6.07, 6.45) is 2.23. The Labute approximate surface area is 127 Å². The van der Waals surface area contributed by atoms with Gasteiger partial charge in [0.1, 0.15) is 0 Å². The maximum Gasteiger partial charge on any atom is 0.255 e. The first-order valence-electron chi connectivity index (χ1n) is 6.85. The number of rotatable bonds is 4. The van der Waals surface area contributed by atoms with Crippen molar-refractivity contribution >= 4 is 21.8 Å². The summed E-state index contributed by atoms with van der Waals surface area (Å²) < 4.78 is 0.865. The molecule has 2 aromatic carbocycles. The standard InChI is InChI=1S/C17H16BrNO/c18-16-9-5-4-8-15(16)17(20)19(14-10-11-14)12-13-6-2-1-3-7-13/h1-9,14H,10-12H2. The fourth-order valence-corrected chi connectivity index (χ4v) is 2.78. The van der Waals surface area contributed by atoms with Gasteiger partial charge in [-0.2, -0.15) is 0 Å². The van der Waals surface area contributed by atoms with E-state index in [2.05, 4.69) is 28.1 Å². The molecule has 0 saturated heterocycles. The Morgan fingerprint density at radius 1 is 1.05 bits per heavy atom. The van der Waals surface area contributed by atoms with Gasteiger partial charge in [-0.3, -0.25) is 4.79 Å². The van der Waals surface area contributed by atoms with Crippen molar-refractivity contribution in [1.82, 2.24) is 4.90 Å². The molecule has 102 valence electrons. The van der Waals surface area contributed by atoms with E-state index in [1.54, 1.807) is 0 Å². The Bertz CT molecular complexity index is 607. The maximum absolute atomic E-state index is 12.7. The van der Waals surface area contributed by atoms with Crippen molar-refractivity contribution in [2.75, 3.05) is 0 Å². The zero-order valence-electron chi connectivity index (χ0n) is 11.1. The highest BCUT2D eigenvalue weighted by Gasteiger charge is 2.33. The molecular formula is C17H16BrNO. The first-order valence-corrected chi connectivity index (χ1v) is 7.64. The normalized spacial score (nSPS) is 14.1. The van der Waals surface area contributed by atoms with Crippen LogP contribution in [0.1, 0.15) is 28.8 Å². The predicted octanol–water partition coefficient (Wildman–Crippen LogP) is 4.25. The minimum atomic E-state index is 0.115. The molecule has 0 spiro atoms. The number of hydrogen-bond acceptors (Lipinski definition) is 1. The van der Waals surface area contributed by atoms with Crippen molar-refractivity contribution in [3.63, 3.8) is 0 Å². The van der Waals surface area contributed by atoms with E-state index in [-0.39, 0.29) is 5.91 Å².